The van der Waals surface area contributed by atoms with Crippen molar-refractivity contribution < 1.29 is 22.4 Å². The Morgan fingerprint density at radius 2 is 1.72 bits per heavy atom. The molecule has 3 nitrogen and oxygen atoms in total. The lowest BCUT2D eigenvalue weighted by Crippen LogP contribution is -2.18. The minimum Gasteiger partial charge on any atom is -0.365 e. The number of carbonyl (C=O) groups excluding carboxylic acids is 1. The van der Waals surface area contributed by atoms with Crippen molar-refractivity contribution in [3.63, 3.8) is 0 Å². The Hall–Kier alpha value is -1.96. The van der Waals surface area contributed by atoms with Crippen molar-refractivity contribution in [2.75, 3.05) is 0 Å². The molecule has 0 bridgehead atoms. The Bertz CT molecular complexity index is 628. The number of carbonyl (C=O) groups is 1. The van der Waals surface area contributed by atoms with Crippen molar-refractivity contribution >= 4 is 17.2 Å². The van der Waals surface area contributed by atoms with Gasteiger partial charge in [-0.05, 0) is 0 Å². The second-order valence-corrected chi connectivity index (χ2v) is 4.10. The van der Waals surface area contributed by atoms with Crippen LogP contribution in [0.4, 0.5) is 17.6 Å². The topological polar surface area (TPSA) is 56.0 Å². The lowest BCUT2D eigenvalue weighted by atomic mass is 10.0. The Morgan fingerprint density at radius 3 is 2.22 bits per heavy atom. The molecule has 8 heteroatoms. The number of halogens is 4. The summed E-state index contributed by atoms with van der Waals surface area (Å²) in [4.78, 5) is 14.7. The molecule has 1 amide bonds. The molecule has 0 aliphatic carbocycles. The van der Waals surface area contributed by atoms with E-state index in [-0.39, 0.29) is 5.01 Å². The molecule has 2 aromatic rings. The number of benzene rings is 1. The summed E-state index contributed by atoms with van der Waals surface area (Å²) < 4.78 is 53.2. The maximum absolute atomic E-state index is 13.6. The van der Waals surface area contributed by atoms with Gasteiger partial charge in [-0.15, -0.1) is 11.3 Å². The van der Waals surface area contributed by atoms with Gasteiger partial charge in [0.25, 0.3) is 5.91 Å². The molecule has 0 spiro atoms. The van der Waals surface area contributed by atoms with Gasteiger partial charge in [0, 0.05) is 11.6 Å². The number of amides is 1. The number of nitrogens with two attached hydrogens (primary N) is 1. The molecule has 2 rings (SSSR count). The van der Waals surface area contributed by atoms with Crippen LogP contribution in [-0.2, 0) is 0 Å². The number of thiazole rings is 1. The summed E-state index contributed by atoms with van der Waals surface area (Å²) in [6.07, 6.45) is 1.24. The molecule has 2 N–H and O–H groups in total. The highest BCUT2D eigenvalue weighted by atomic mass is 32.1. The zero-order valence-corrected chi connectivity index (χ0v) is 9.32. The largest absolute Gasteiger partial charge is 0.365 e. The molecule has 0 atom stereocenters. The first-order chi connectivity index (χ1) is 8.45. The van der Waals surface area contributed by atoms with E-state index in [0.29, 0.717) is 0 Å². The summed E-state index contributed by atoms with van der Waals surface area (Å²) in [5.74, 6) is -9.02. The number of primary amides is 1. The molecule has 1 heterocycles. The Balaban J connectivity index is 2.90. The summed E-state index contributed by atoms with van der Waals surface area (Å²) in [7, 11) is 0. The molecule has 0 radical (unpaired) electrons. The zero-order valence-electron chi connectivity index (χ0n) is 8.51. The predicted molar refractivity (Wildman–Crippen MR) is 55.9 cm³/mol. The molecule has 0 fully saturated rings. The average molecular weight is 276 g/mol. The van der Waals surface area contributed by atoms with E-state index >= 15 is 0 Å². The molecular weight excluding hydrogens is 272 g/mol. The van der Waals surface area contributed by atoms with Crippen LogP contribution in [0.1, 0.15) is 10.4 Å². The average Bonchev–Trinajstić information content (AvgIpc) is 2.83. The number of rotatable bonds is 2. The van der Waals surface area contributed by atoms with E-state index in [4.69, 9.17) is 5.73 Å². The lowest BCUT2D eigenvalue weighted by molar-refractivity contribution is 0.0995. The number of aromatic nitrogens is 1. The zero-order chi connectivity index (χ0) is 13.4. The molecular formula is C10H4F4N2OS. The Labute approximate surface area is 102 Å². The highest BCUT2D eigenvalue weighted by molar-refractivity contribution is 7.13. The van der Waals surface area contributed by atoms with Crippen LogP contribution < -0.4 is 5.73 Å². The molecule has 0 aliphatic rings. The van der Waals surface area contributed by atoms with Crippen molar-refractivity contribution in [3.05, 3.63) is 40.4 Å². The van der Waals surface area contributed by atoms with E-state index in [1.165, 1.54) is 11.6 Å². The quantitative estimate of drug-likeness (QED) is 0.520. The van der Waals surface area contributed by atoms with E-state index < -0.39 is 40.3 Å². The molecule has 0 aliphatic heterocycles. The van der Waals surface area contributed by atoms with Gasteiger partial charge >= 0.3 is 0 Å². The molecule has 1 aromatic carbocycles. The van der Waals surface area contributed by atoms with Gasteiger partial charge in [-0.3, -0.25) is 4.79 Å². The van der Waals surface area contributed by atoms with Crippen LogP contribution in [0.5, 0.6) is 0 Å². The second-order valence-electron chi connectivity index (χ2n) is 3.21. The van der Waals surface area contributed by atoms with Crippen molar-refractivity contribution in [2.24, 2.45) is 5.73 Å². The van der Waals surface area contributed by atoms with E-state index in [0.717, 1.165) is 11.3 Å². The second kappa shape index (κ2) is 4.37. The van der Waals surface area contributed by atoms with Crippen LogP contribution in [0.15, 0.2) is 11.6 Å². The number of hydrogen-bond acceptors (Lipinski definition) is 3. The third-order valence-corrected chi connectivity index (χ3v) is 2.95. The van der Waals surface area contributed by atoms with Crippen molar-refractivity contribution in [3.8, 4) is 10.6 Å². The van der Waals surface area contributed by atoms with Crippen LogP contribution in [0.25, 0.3) is 10.6 Å². The van der Waals surface area contributed by atoms with E-state index in [1.807, 2.05) is 0 Å². The van der Waals surface area contributed by atoms with E-state index in [1.54, 1.807) is 0 Å². The van der Waals surface area contributed by atoms with Crippen LogP contribution in [-0.4, -0.2) is 10.9 Å². The summed E-state index contributed by atoms with van der Waals surface area (Å²) in [6.45, 7) is 0. The SMILES string of the molecule is NC(=O)c1c(F)c(F)c(F)c(F)c1-c1nccs1. The van der Waals surface area contributed by atoms with Gasteiger partial charge < -0.3 is 5.73 Å². The fraction of sp³-hybridized carbons (Fsp3) is 0. The Morgan fingerprint density at radius 1 is 1.11 bits per heavy atom. The third-order valence-electron chi connectivity index (χ3n) is 2.16. The van der Waals surface area contributed by atoms with Gasteiger partial charge in [0.2, 0.25) is 0 Å². The molecule has 0 saturated carbocycles. The maximum Gasteiger partial charge on any atom is 0.252 e. The van der Waals surface area contributed by atoms with E-state index in [9.17, 15) is 22.4 Å². The smallest absolute Gasteiger partial charge is 0.252 e. The van der Waals surface area contributed by atoms with Gasteiger partial charge in [0.15, 0.2) is 23.3 Å². The highest BCUT2D eigenvalue weighted by Crippen LogP contribution is 2.33. The van der Waals surface area contributed by atoms with Crippen LogP contribution in [0.2, 0.25) is 0 Å². The maximum atomic E-state index is 13.6. The molecule has 94 valence electrons. The van der Waals surface area contributed by atoms with Crippen molar-refractivity contribution in [1.82, 2.24) is 4.98 Å². The van der Waals surface area contributed by atoms with Gasteiger partial charge in [-0.2, -0.15) is 0 Å². The fourth-order valence-electron chi connectivity index (χ4n) is 1.41. The number of hydrogen-bond donors (Lipinski definition) is 1. The summed E-state index contributed by atoms with van der Waals surface area (Å²) >= 11 is 0.830. The summed E-state index contributed by atoms with van der Waals surface area (Å²) in [6, 6.07) is 0. The molecule has 0 saturated heterocycles. The third kappa shape index (κ3) is 1.74. The molecule has 1 aromatic heterocycles. The predicted octanol–water partition coefficient (Wildman–Crippen LogP) is 2.47. The van der Waals surface area contributed by atoms with Gasteiger partial charge in [0.05, 0.1) is 11.1 Å². The summed E-state index contributed by atoms with van der Waals surface area (Å²) in [5, 5.41) is 1.23. The van der Waals surface area contributed by atoms with Gasteiger partial charge in [-0.1, -0.05) is 0 Å². The van der Waals surface area contributed by atoms with Crippen LogP contribution in [0.3, 0.4) is 0 Å². The monoisotopic (exact) mass is 276 g/mol. The minimum absolute atomic E-state index is 0.167. The van der Waals surface area contributed by atoms with Crippen molar-refractivity contribution in [2.45, 2.75) is 0 Å². The lowest BCUT2D eigenvalue weighted by Gasteiger charge is -2.08. The first kappa shape index (κ1) is 12.5. The number of nitrogens with zero attached hydrogens (tertiary/aromatic N) is 1. The minimum atomic E-state index is -2.08. The first-order valence-corrected chi connectivity index (χ1v) is 5.38. The van der Waals surface area contributed by atoms with Gasteiger partial charge in [-0.25, -0.2) is 22.5 Å². The van der Waals surface area contributed by atoms with E-state index in [2.05, 4.69) is 4.98 Å². The summed E-state index contributed by atoms with van der Waals surface area (Å²) in [5.41, 5.74) is 3.03. The normalized spacial score (nSPS) is 10.7. The Kier molecular flexibility index (Phi) is 3.04. The molecule has 0 unspecified atom stereocenters. The van der Waals surface area contributed by atoms with Crippen LogP contribution >= 0.6 is 11.3 Å². The molecule has 18 heavy (non-hydrogen) atoms. The first-order valence-electron chi connectivity index (χ1n) is 4.50. The standard InChI is InChI=1S/C10H4F4N2OS/c11-5-3(9(15)17)4(10-16-1-2-18-10)6(12)8(14)7(5)13/h1-2H,(H2,15,17). The van der Waals surface area contributed by atoms with Crippen LogP contribution in [0, 0.1) is 23.3 Å². The highest BCUT2D eigenvalue weighted by Gasteiger charge is 2.29. The fourth-order valence-corrected chi connectivity index (χ4v) is 2.09. The van der Waals surface area contributed by atoms with Gasteiger partial charge in [0.1, 0.15) is 5.01 Å². The van der Waals surface area contributed by atoms with Crippen molar-refractivity contribution in [1.29, 1.82) is 0 Å².